The fourth-order valence-corrected chi connectivity index (χ4v) is 12.9. The van der Waals surface area contributed by atoms with Crippen LogP contribution in [-0.4, -0.2) is 9.55 Å². The number of aromatic nitrogens is 2. The van der Waals surface area contributed by atoms with E-state index in [1.165, 1.54) is 80.8 Å². The Morgan fingerprint density at radius 1 is 0.468 bits per heavy atom. The molecule has 2 aliphatic rings. The third-order valence-corrected chi connectivity index (χ3v) is 15.2. The first kappa shape index (κ1) is 33.0. The molecule has 3 nitrogen and oxygen atoms in total. The van der Waals surface area contributed by atoms with Gasteiger partial charge in [0.2, 0.25) is 5.71 Å². The van der Waals surface area contributed by atoms with Crippen LogP contribution in [0, 0.1) is 0 Å². The summed E-state index contributed by atoms with van der Waals surface area (Å²) in [6.45, 7) is 0. The van der Waals surface area contributed by atoms with Crippen LogP contribution in [-0.2, 0) is 5.41 Å². The van der Waals surface area contributed by atoms with Crippen LogP contribution in [0.5, 0.6) is 0 Å². The summed E-state index contributed by atoms with van der Waals surface area (Å²) in [5.74, 6) is 0. The zero-order valence-electron chi connectivity index (χ0n) is 33.2. The zero-order valence-corrected chi connectivity index (χ0v) is 34.0. The largest absolute Gasteiger partial charge is 0.439 e. The molecule has 62 heavy (non-hydrogen) atoms. The molecule has 286 valence electrons. The highest BCUT2D eigenvalue weighted by atomic mass is 32.1. The molecule has 13 aromatic rings. The fraction of sp³-hybridized carbons (Fsp3) is 0.0172. The Labute approximate surface area is 359 Å². The first-order valence-electron chi connectivity index (χ1n) is 21.3. The average molecular weight is 805 g/mol. The molecule has 4 aromatic heterocycles. The average Bonchev–Trinajstić information content (AvgIpc) is 4.12. The molecule has 0 amide bonds. The first-order valence-corrected chi connectivity index (χ1v) is 22.1. The lowest BCUT2D eigenvalue weighted by Crippen LogP contribution is -2.25. The van der Waals surface area contributed by atoms with Crippen molar-refractivity contribution in [3.05, 3.63) is 216 Å². The van der Waals surface area contributed by atoms with Crippen LogP contribution in [0.4, 0.5) is 0 Å². The molecule has 1 spiro atoms. The smallest absolute Gasteiger partial charge is 0.213 e. The topological polar surface area (TPSA) is 31.0 Å². The van der Waals surface area contributed by atoms with Gasteiger partial charge < -0.3 is 4.42 Å². The minimum Gasteiger partial charge on any atom is -0.439 e. The van der Waals surface area contributed by atoms with Crippen LogP contribution in [0.3, 0.4) is 0 Å². The summed E-state index contributed by atoms with van der Waals surface area (Å²) in [5, 5.41) is 9.66. The fourth-order valence-electron chi connectivity index (χ4n) is 11.6. The quantitative estimate of drug-likeness (QED) is 0.163. The van der Waals surface area contributed by atoms with Crippen molar-refractivity contribution in [2.24, 2.45) is 0 Å². The van der Waals surface area contributed by atoms with Gasteiger partial charge in [0.05, 0.1) is 27.5 Å². The van der Waals surface area contributed by atoms with Crippen molar-refractivity contribution < 1.29 is 4.42 Å². The molecule has 0 unspecified atom stereocenters. The van der Waals surface area contributed by atoms with E-state index in [0.717, 1.165) is 55.4 Å². The van der Waals surface area contributed by atoms with Gasteiger partial charge in [0.15, 0.2) is 0 Å². The highest BCUT2D eigenvalue weighted by molar-refractivity contribution is 7.26. The first-order chi connectivity index (χ1) is 30.8. The van der Waals surface area contributed by atoms with E-state index in [1.54, 1.807) is 0 Å². The van der Waals surface area contributed by atoms with E-state index in [9.17, 15) is 0 Å². The van der Waals surface area contributed by atoms with Crippen LogP contribution >= 0.6 is 11.3 Å². The predicted octanol–water partition coefficient (Wildman–Crippen LogP) is 15.6. The maximum absolute atomic E-state index is 6.85. The van der Waals surface area contributed by atoms with Crippen molar-refractivity contribution in [3.63, 3.8) is 0 Å². The Bertz CT molecular complexity index is 4080. The summed E-state index contributed by atoms with van der Waals surface area (Å²) < 4.78 is 11.8. The molecular weight excluding hydrogens is 773 g/mol. The van der Waals surface area contributed by atoms with Gasteiger partial charge in [-0.1, -0.05) is 158 Å². The number of hydrogen-bond acceptors (Lipinski definition) is 3. The van der Waals surface area contributed by atoms with Crippen molar-refractivity contribution in [1.29, 1.82) is 0 Å². The molecule has 0 aliphatic heterocycles. The second-order valence-corrected chi connectivity index (χ2v) is 17.9. The standard InChI is InChI=1S/C58H32N2OS/c1-7-22-43-35(16-1)36-17-2-8-23-44(36)58(43)45-24-9-3-19-39(45)52-46(58)30-28-42-51(52)40-20-4-10-25-47(40)59-55(42)33-14-13-15-34(32-33)60-48-31-29-38-37-18-6-12-27-50(37)62-56(38)54(48)53-41-21-5-11-26-49(41)61-57(53)60/h1-32H. The maximum Gasteiger partial charge on any atom is 0.213 e. The van der Waals surface area contributed by atoms with E-state index in [1.807, 2.05) is 11.3 Å². The number of furan rings is 1. The Hall–Kier alpha value is -7.79. The highest BCUT2D eigenvalue weighted by Crippen LogP contribution is 2.64. The van der Waals surface area contributed by atoms with Gasteiger partial charge in [-0.3, -0.25) is 4.57 Å². The van der Waals surface area contributed by atoms with Crippen molar-refractivity contribution in [2.45, 2.75) is 5.41 Å². The van der Waals surface area contributed by atoms with Crippen molar-refractivity contribution in [3.8, 4) is 39.2 Å². The summed E-state index contributed by atoms with van der Waals surface area (Å²) in [7, 11) is 0. The number of hydrogen-bond donors (Lipinski definition) is 0. The van der Waals surface area contributed by atoms with E-state index >= 15 is 0 Å². The molecule has 2 aliphatic carbocycles. The molecule has 4 heterocycles. The maximum atomic E-state index is 6.85. The lowest BCUT2D eigenvalue weighted by atomic mass is 9.70. The molecule has 9 aromatic carbocycles. The van der Waals surface area contributed by atoms with Gasteiger partial charge in [-0.05, 0) is 80.9 Å². The van der Waals surface area contributed by atoms with Gasteiger partial charge >= 0.3 is 0 Å². The van der Waals surface area contributed by atoms with Crippen molar-refractivity contribution >= 4 is 86.2 Å². The van der Waals surface area contributed by atoms with Gasteiger partial charge in [-0.2, -0.15) is 0 Å². The molecule has 15 rings (SSSR count). The van der Waals surface area contributed by atoms with Crippen LogP contribution in [0.1, 0.15) is 22.3 Å². The SMILES string of the molecule is c1cc(-c2nc3ccccc3c3c4c(ccc23)C2(c3ccccc3-c3ccccc32)c2ccccc2-4)cc(-n2c3ccc4c5ccccc5sc4c3c3c4ccccc4oc32)c1. The van der Waals surface area contributed by atoms with E-state index in [4.69, 9.17) is 9.40 Å². The number of thiophene rings is 1. The Morgan fingerprint density at radius 3 is 1.95 bits per heavy atom. The van der Waals surface area contributed by atoms with Gasteiger partial charge in [0, 0.05) is 58.4 Å². The lowest BCUT2D eigenvalue weighted by Gasteiger charge is -2.30. The summed E-state index contributed by atoms with van der Waals surface area (Å²) in [6, 6.07) is 71.3. The van der Waals surface area contributed by atoms with Crippen molar-refractivity contribution in [1.82, 2.24) is 9.55 Å². The van der Waals surface area contributed by atoms with E-state index in [0.29, 0.717) is 0 Å². The molecule has 0 bridgehead atoms. The van der Waals surface area contributed by atoms with Crippen molar-refractivity contribution in [2.75, 3.05) is 0 Å². The Morgan fingerprint density at radius 2 is 1.13 bits per heavy atom. The number of nitrogens with zero attached hydrogens (tertiary/aromatic N) is 2. The molecule has 0 fully saturated rings. The number of fused-ring (bicyclic) bond motifs is 23. The number of rotatable bonds is 2. The third-order valence-electron chi connectivity index (χ3n) is 14.0. The summed E-state index contributed by atoms with van der Waals surface area (Å²) in [4.78, 5) is 5.53. The van der Waals surface area contributed by atoms with E-state index in [2.05, 4.69) is 199 Å². The van der Waals surface area contributed by atoms with Gasteiger partial charge in [0.25, 0.3) is 0 Å². The summed E-state index contributed by atoms with van der Waals surface area (Å²) >= 11 is 1.87. The molecule has 0 radical (unpaired) electrons. The third kappa shape index (κ3) is 3.95. The normalized spacial score (nSPS) is 13.6. The lowest BCUT2D eigenvalue weighted by molar-refractivity contribution is 0.645. The summed E-state index contributed by atoms with van der Waals surface area (Å²) in [6.07, 6.45) is 0. The van der Waals surface area contributed by atoms with Gasteiger partial charge in [-0.15, -0.1) is 11.3 Å². The minimum atomic E-state index is -0.426. The molecule has 4 heteroatoms. The van der Waals surface area contributed by atoms with Gasteiger partial charge in [-0.25, -0.2) is 4.98 Å². The molecular formula is C58H32N2OS. The Balaban J connectivity index is 1.02. The predicted molar refractivity (Wildman–Crippen MR) is 258 cm³/mol. The second-order valence-electron chi connectivity index (χ2n) is 16.9. The monoisotopic (exact) mass is 804 g/mol. The van der Waals surface area contributed by atoms with Crippen LogP contribution < -0.4 is 0 Å². The van der Waals surface area contributed by atoms with Crippen LogP contribution in [0.2, 0.25) is 0 Å². The number of benzene rings is 9. The Kier molecular flexibility index (Phi) is 6.24. The van der Waals surface area contributed by atoms with Crippen LogP contribution in [0.15, 0.2) is 199 Å². The number of para-hydroxylation sites is 2. The van der Waals surface area contributed by atoms with Gasteiger partial charge in [0.1, 0.15) is 5.58 Å². The molecule has 0 saturated carbocycles. The van der Waals surface area contributed by atoms with E-state index < -0.39 is 5.41 Å². The highest BCUT2D eigenvalue weighted by Gasteiger charge is 2.52. The second kappa shape index (κ2) is 11.7. The summed E-state index contributed by atoms with van der Waals surface area (Å²) in [5.41, 5.74) is 17.1. The van der Waals surface area contributed by atoms with Crippen LogP contribution in [0.25, 0.3) is 114 Å². The van der Waals surface area contributed by atoms with E-state index in [-0.39, 0.29) is 0 Å². The minimum absolute atomic E-state index is 0.426. The number of pyridine rings is 1. The molecule has 0 saturated heterocycles. The zero-order chi connectivity index (χ0) is 40.3. The molecule has 0 atom stereocenters. The molecule has 0 N–H and O–H groups in total.